The number of hydrogen-bond acceptors (Lipinski definition) is 4. The summed E-state index contributed by atoms with van der Waals surface area (Å²) in [6, 6.07) is 16.3. The van der Waals surface area contributed by atoms with E-state index in [1.165, 1.54) is 12.8 Å². The van der Waals surface area contributed by atoms with Gasteiger partial charge in [-0.15, -0.1) is 0 Å². The van der Waals surface area contributed by atoms with E-state index in [0.29, 0.717) is 5.92 Å². The van der Waals surface area contributed by atoms with Crippen LogP contribution in [0.15, 0.2) is 48.5 Å². The average Bonchev–Trinajstić information content (AvgIpc) is 3.46. The van der Waals surface area contributed by atoms with Gasteiger partial charge in [-0.05, 0) is 0 Å². The first-order chi connectivity index (χ1) is 11.8. The van der Waals surface area contributed by atoms with Crippen molar-refractivity contribution >= 4 is 41.8 Å². The number of rotatable bonds is 4. The third kappa shape index (κ3) is 2.87. The van der Waals surface area contributed by atoms with Gasteiger partial charge >= 0.3 is 147 Å². The summed E-state index contributed by atoms with van der Waals surface area (Å²) >= 11 is -0.113. The number of nitrogens with zero attached hydrogens (tertiary/aromatic N) is 4. The van der Waals surface area contributed by atoms with Gasteiger partial charge in [0.25, 0.3) is 0 Å². The van der Waals surface area contributed by atoms with Gasteiger partial charge in [0.2, 0.25) is 0 Å². The summed E-state index contributed by atoms with van der Waals surface area (Å²) in [6.45, 7) is 0. The predicted molar refractivity (Wildman–Crippen MR) is 97.0 cm³/mol. The van der Waals surface area contributed by atoms with E-state index in [9.17, 15) is 0 Å². The molecule has 118 valence electrons. The van der Waals surface area contributed by atoms with E-state index in [2.05, 4.69) is 34.1 Å². The van der Waals surface area contributed by atoms with Gasteiger partial charge in [0.05, 0.1) is 0 Å². The fourth-order valence-electron chi connectivity index (χ4n) is 2.77. The van der Waals surface area contributed by atoms with E-state index in [0.717, 1.165) is 32.7 Å². The molecule has 0 unspecified atom stereocenters. The maximum atomic E-state index is 8.83. The third-order valence-corrected chi connectivity index (χ3v) is 5.51. The summed E-state index contributed by atoms with van der Waals surface area (Å²) in [6.07, 6.45) is 2.37. The molecule has 5 heteroatoms. The van der Waals surface area contributed by atoms with Gasteiger partial charge in [0, 0.05) is 0 Å². The molecule has 24 heavy (non-hydrogen) atoms. The minimum atomic E-state index is -0.113. The second-order valence-electron chi connectivity index (χ2n) is 5.94. The molecule has 2 aromatic carbocycles. The first-order valence-corrected chi connectivity index (χ1v) is 9.64. The molecule has 1 fully saturated rings. The molecule has 0 spiro atoms. The Morgan fingerprint density at radius 3 is 2.54 bits per heavy atom. The van der Waals surface area contributed by atoms with Crippen molar-refractivity contribution in [2.24, 2.45) is 0 Å². The zero-order valence-corrected chi connectivity index (χ0v) is 15.0. The molecule has 1 aliphatic rings. The normalized spacial score (nSPS) is 13.7. The molecular weight excluding hydrogens is 363 g/mol. The number of hydrogen-bond donors (Lipinski definition) is 0. The standard InChI is InChI=1S/C19H16N4Se/c1-23(14-8-10-15(11-9-14)24-12-20)19-16-4-2-3-5-17(16)21-18(22-19)13-6-7-13/h2-5,8-11,13H,6-7H2,1H3. The molecule has 0 aliphatic heterocycles. The van der Waals surface area contributed by atoms with Crippen molar-refractivity contribution in [3.8, 4) is 4.97 Å². The molecule has 0 bridgehead atoms. The minimum absolute atomic E-state index is 0.113. The molecule has 1 aliphatic carbocycles. The fourth-order valence-corrected chi connectivity index (χ4v) is 3.56. The molecule has 4 rings (SSSR count). The van der Waals surface area contributed by atoms with Gasteiger partial charge in [-0.1, -0.05) is 0 Å². The summed E-state index contributed by atoms with van der Waals surface area (Å²) in [5, 5.41) is 9.90. The van der Waals surface area contributed by atoms with Crippen LogP contribution in [0, 0.1) is 10.2 Å². The van der Waals surface area contributed by atoms with Gasteiger partial charge in [-0.25, -0.2) is 0 Å². The van der Waals surface area contributed by atoms with Crippen LogP contribution in [-0.2, 0) is 0 Å². The first-order valence-electron chi connectivity index (χ1n) is 7.92. The Balaban J connectivity index is 1.78. The Morgan fingerprint density at radius 2 is 1.83 bits per heavy atom. The van der Waals surface area contributed by atoms with Crippen molar-refractivity contribution < 1.29 is 0 Å². The Morgan fingerprint density at radius 1 is 1.08 bits per heavy atom. The van der Waals surface area contributed by atoms with Crippen molar-refractivity contribution in [3.63, 3.8) is 0 Å². The summed E-state index contributed by atoms with van der Waals surface area (Å²) in [7, 11) is 2.04. The second kappa shape index (κ2) is 6.24. The Hall–Kier alpha value is -2.41. The molecule has 0 amide bonds. The second-order valence-corrected chi connectivity index (χ2v) is 7.74. The van der Waals surface area contributed by atoms with Crippen LogP contribution in [0.3, 0.4) is 0 Å². The molecule has 1 heterocycles. The number of benzene rings is 2. The van der Waals surface area contributed by atoms with E-state index in [-0.39, 0.29) is 15.0 Å². The van der Waals surface area contributed by atoms with Gasteiger partial charge in [0.15, 0.2) is 0 Å². The number of fused-ring (bicyclic) bond motifs is 1. The predicted octanol–water partition coefficient (Wildman–Crippen LogP) is 3.09. The van der Waals surface area contributed by atoms with Crippen molar-refractivity contribution in [1.82, 2.24) is 9.97 Å². The molecule has 0 saturated heterocycles. The molecule has 0 atom stereocenters. The number of para-hydroxylation sites is 1. The average molecular weight is 379 g/mol. The van der Waals surface area contributed by atoms with E-state index in [1.807, 2.05) is 31.3 Å². The van der Waals surface area contributed by atoms with Crippen molar-refractivity contribution in [3.05, 3.63) is 54.4 Å². The summed E-state index contributed by atoms with van der Waals surface area (Å²) in [4.78, 5) is 14.0. The summed E-state index contributed by atoms with van der Waals surface area (Å²) in [5.41, 5.74) is 2.07. The van der Waals surface area contributed by atoms with Gasteiger partial charge in [0.1, 0.15) is 0 Å². The van der Waals surface area contributed by atoms with Crippen LogP contribution in [0.1, 0.15) is 24.6 Å². The van der Waals surface area contributed by atoms with E-state index < -0.39 is 0 Å². The van der Waals surface area contributed by atoms with Crippen molar-refractivity contribution in [1.29, 1.82) is 5.26 Å². The molecule has 0 radical (unpaired) electrons. The van der Waals surface area contributed by atoms with Crippen LogP contribution >= 0.6 is 0 Å². The van der Waals surface area contributed by atoms with Gasteiger partial charge in [-0.2, -0.15) is 0 Å². The molecule has 0 N–H and O–H groups in total. The third-order valence-electron chi connectivity index (χ3n) is 4.25. The topological polar surface area (TPSA) is 52.8 Å². The first kappa shape index (κ1) is 15.1. The summed E-state index contributed by atoms with van der Waals surface area (Å²) in [5.74, 6) is 2.42. The molecule has 4 nitrogen and oxygen atoms in total. The number of aromatic nitrogens is 2. The Kier molecular flexibility index (Phi) is 3.93. The van der Waals surface area contributed by atoms with E-state index >= 15 is 0 Å². The van der Waals surface area contributed by atoms with Crippen molar-refractivity contribution in [2.75, 3.05) is 11.9 Å². The van der Waals surface area contributed by atoms with Crippen LogP contribution < -0.4 is 9.36 Å². The van der Waals surface area contributed by atoms with E-state index in [1.54, 1.807) is 0 Å². The van der Waals surface area contributed by atoms with Gasteiger partial charge in [-0.3, -0.25) is 0 Å². The molecule has 1 aromatic heterocycles. The quantitative estimate of drug-likeness (QED) is 0.654. The maximum absolute atomic E-state index is 8.83. The van der Waals surface area contributed by atoms with Crippen molar-refractivity contribution in [2.45, 2.75) is 18.8 Å². The Bertz CT molecular complexity index is 926. The molecular formula is C19H16N4Se. The fraction of sp³-hybridized carbons (Fsp3) is 0.211. The monoisotopic (exact) mass is 380 g/mol. The summed E-state index contributed by atoms with van der Waals surface area (Å²) < 4.78 is 1.09. The Labute approximate surface area is 147 Å². The van der Waals surface area contributed by atoms with E-state index in [4.69, 9.17) is 15.2 Å². The zero-order chi connectivity index (χ0) is 16.5. The van der Waals surface area contributed by atoms with Gasteiger partial charge < -0.3 is 0 Å². The van der Waals surface area contributed by atoms with Crippen LogP contribution in [0.25, 0.3) is 10.9 Å². The van der Waals surface area contributed by atoms with Crippen LogP contribution in [-0.4, -0.2) is 32.0 Å². The number of anilines is 2. The zero-order valence-electron chi connectivity index (χ0n) is 13.3. The van der Waals surface area contributed by atoms with Crippen LogP contribution in [0.2, 0.25) is 0 Å². The van der Waals surface area contributed by atoms with Crippen LogP contribution in [0.5, 0.6) is 0 Å². The van der Waals surface area contributed by atoms with Crippen LogP contribution in [0.4, 0.5) is 11.5 Å². The molecule has 3 aromatic rings. The number of nitriles is 1. The SMILES string of the molecule is CN(c1ccc([Se]C#N)cc1)c1nc(C2CC2)nc2ccccc12. The molecule has 1 saturated carbocycles.